The standard InChI is InChI=1S/C27H25FN6O2/c1-3-15(2)29-27(36)32-26-30-22-11-9-17(14-24(22)31-26)20-12-16(8-10-21(20)28)13-23-18-6-4-5-7-19(18)25(35)34-33-23/h4-12,14-15H,3,13H2,1-2H3,(H,34,35)(H3,29,30,31,32,36). The number of anilines is 1. The number of carbonyl (C=O) groups excluding carboxylic acids is 1. The third-order valence-electron chi connectivity index (χ3n) is 6.19. The molecule has 1 unspecified atom stereocenters. The molecule has 1 atom stereocenters. The summed E-state index contributed by atoms with van der Waals surface area (Å²) in [5.74, 6) is -0.0487. The second-order valence-corrected chi connectivity index (χ2v) is 8.76. The highest BCUT2D eigenvalue weighted by atomic mass is 19.1. The maximum Gasteiger partial charge on any atom is 0.321 e. The van der Waals surface area contributed by atoms with Gasteiger partial charge in [-0.05, 0) is 54.8 Å². The Morgan fingerprint density at radius 3 is 2.69 bits per heavy atom. The summed E-state index contributed by atoms with van der Waals surface area (Å²) >= 11 is 0. The smallest absolute Gasteiger partial charge is 0.321 e. The Bertz CT molecular complexity index is 1640. The molecule has 0 fully saturated rings. The van der Waals surface area contributed by atoms with Gasteiger partial charge in [-0.15, -0.1) is 0 Å². The summed E-state index contributed by atoms with van der Waals surface area (Å²) in [5.41, 5.74) is 3.72. The van der Waals surface area contributed by atoms with Crippen molar-refractivity contribution in [2.24, 2.45) is 0 Å². The Balaban J connectivity index is 1.43. The zero-order valence-corrected chi connectivity index (χ0v) is 19.9. The van der Waals surface area contributed by atoms with Crippen molar-refractivity contribution >= 4 is 33.8 Å². The van der Waals surface area contributed by atoms with Gasteiger partial charge in [0, 0.05) is 23.4 Å². The van der Waals surface area contributed by atoms with E-state index in [4.69, 9.17) is 0 Å². The first kappa shape index (κ1) is 23.2. The van der Waals surface area contributed by atoms with Gasteiger partial charge >= 0.3 is 6.03 Å². The lowest BCUT2D eigenvalue weighted by Crippen LogP contribution is -2.35. The second-order valence-electron chi connectivity index (χ2n) is 8.76. The van der Waals surface area contributed by atoms with Gasteiger partial charge in [-0.25, -0.2) is 19.3 Å². The zero-order valence-electron chi connectivity index (χ0n) is 19.9. The maximum absolute atomic E-state index is 14.9. The number of H-pyrrole nitrogens is 2. The van der Waals surface area contributed by atoms with Gasteiger partial charge in [0.2, 0.25) is 5.95 Å². The minimum absolute atomic E-state index is 0.0422. The topological polar surface area (TPSA) is 116 Å². The Hall–Kier alpha value is -4.53. The van der Waals surface area contributed by atoms with E-state index in [2.05, 4.69) is 30.8 Å². The van der Waals surface area contributed by atoms with Crippen molar-refractivity contribution in [1.29, 1.82) is 0 Å². The van der Waals surface area contributed by atoms with E-state index in [-0.39, 0.29) is 23.4 Å². The second kappa shape index (κ2) is 9.61. The van der Waals surface area contributed by atoms with Crippen LogP contribution in [0.1, 0.15) is 31.5 Å². The number of urea groups is 1. The van der Waals surface area contributed by atoms with Crippen molar-refractivity contribution in [3.63, 3.8) is 0 Å². The molecule has 2 heterocycles. The fourth-order valence-electron chi connectivity index (χ4n) is 4.11. The number of amides is 2. The summed E-state index contributed by atoms with van der Waals surface area (Å²) in [7, 11) is 0. The van der Waals surface area contributed by atoms with E-state index < -0.39 is 0 Å². The number of nitrogens with one attached hydrogen (secondary N) is 4. The normalized spacial score (nSPS) is 12.1. The van der Waals surface area contributed by atoms with Crippen LogP contribution in [-0.2, 0) is 6.42 Å². The third-order valence-corrected chi connectivity index (χ3v) is 6.19. The predicted octanol–water partition coefficient (Wildman–Crippen LogP) is 5.12. The van der Waals surface area contributed by atoms with E-state index in [9.17, 15) is 14.0 Å². The molecule has 8 nitrogen and oxygen atoms in total. The maximum atomic E-state index is 14.9. The molecule has 2 aromatic heterocycles. The molecule has 0 aliphatic rings. The van der Waals surface area contributed by atoms with Gasteiger partial charge in [0.05, 0.1) is 22.1 Å². The van der Waals surface area contributed by atoms with Crippen molar-refractivity contribution in [3.8, 4) is 11.1 Å². The van der Waals surface area contributed by atoms with Gasteiger partial charge in [-0.2, -0.15) is 5.10 Å². The van der Waals surface area contributed by atoms with Crippen molar-refractivity contribution in [2.75, 3.05) is 5.32 Å². The molecule has 0 spiro atoms. The van der Waals surface area contributed by atoms with Gasteiger partial charge < -0.3 is 10.3 Å². The fourth-order valence-corrected chi connectivity index (χ4v) is 4.11. The lowest BCUT2D eigenvalue weighted by molar-refractivity contribution is 0.249. The number of carbonyl (C=O) groups is 1. The molecule has 0 aliphatic heterocycles. The molecule has 0 aliphatic carbocycles. The van der Waals surface area contributed by atoms with E-state index in [1.807, 2.05) is 32.0 Å². The summed E-state index contributed by atoms with van der Waals surface area (Å²) in [6.45, 7) is 3.91. The highest BCUT2D eigenvalue weighted by Crippen LogP contribution is 2.28. The monoisotopic (exact) mass is 484 g/mol. The molecule has 4 N–H and O–H groups in total. The number of rotatable bonds is 6. The zero-order chi connectivity index (χ0) is 25.2. The van der Waals surface area contributed by atoms with Crippen LogP contribution in [0.4, 0.5) is 15.1 Å². The minimum atomic E-state index is -0.362. The summed E-state index contributed by atoms with van der Waals surface area (Å²) in [6, 6.07) is 17.3. The predicted molar refractivity (Wildman–Crippen MR) is 139 cm³/mol. The van der Waals surface area contributed by atoms with Gasteiger partial charge in [-0.1, -0.05) is 37.3 Å². The van der Waals surface area contributed by atoms with E-state index in [0.29, 0.717) is 40.1 Å². The van der Waals surface area contributed by atoms with Crippen LogP contribution in [-0.4, -0.2) is 32.2 Å². The number of aromatic amines is 2. The van der Waals surface area contributed by atoms with E-state index >= 15 is 0 Å². The number of benzene rings is 3. The molecular formula is C27H25FN6O2. The van der Waals surface area contributed by atoms with Crippen LogP contribution in [0.3, 0.4) is 0 Å². The Labute approximate surface area is 206 Å². The number of fused-ring (bicyclic) bond motifs is 2. The van der Waals surface area contributed by atoms with Gasteiger partial charge in [-0.3, -0.25) is 10.1 Å². The van der Waals surface area contributed by atoms with Crippen molar-refractivity contribution in [1.82, 2.24) is 25.5 Å². The van der Waals surface area contributed by atoms with Crippen LogP contribution < -0.4 is 16.2 Å². The molecule has 36 heavy (non-hydrogen) atoms. The summed E-state index contributed by atoms with van der Waals surface area (Å²) in [6.07, 6.45) is 1.24. The molecule has 0 radical (unpaired) electrons. The summed E-state index contributed by atoms with van der Waals surface area (Å²) in [4.78, 5) is 31.7. The SMILES string of the molecule is CCC(C)NC(=O)Nc1nc2cc(-c3cc(Cc4n[nH]c(=O)c5ccccc45)ccc3F)ccc2[nH]1. The van der Waals surface area contributed by atoms with Crippen LogP contribution in [0.5, 0.6) is 0 Å². The molecule has 0 saturated carbocycles. The fraction of sp³-hybridized carbons (Fsp3) is 0.185. The first-order valence-corrected chi connectivity index (χ1v) is 11.7. The average molecular weight is 485 g/mol. The van der Waals surface area contributed by atoms with Gasteiger partial charge in [0.15, 0.2) is 0 Å². The number of hydrogen-bond donors (Lipinski definition) is 4. The molecule has 3 aromatic carbocycles. The number of halogens is 1. The highest BCUT2D eigenvalue weighted by Gasteiger charge is 2.13. The summed E-state index contributed by atoms with van der Waals surface area (Å²) in [5, 5.41) is 13.6. The number of aromatic nitrogens is 4. The Morgan fingerprint density at radius 2 is 1.89 bits per heavy atom. The number of hydrogen-bond acceptors (Lipinski definition) is 4. The third kappa shape index (κ3) is 4.68. The summed E-state index contributed by atoms with van der Waals surface area (Å²) < 4.78 is 14.9. The van der Waals surface area contributed by atoms with Gasteiger partial charge in [0.25, 0.3) is 5.56 Å². The lowest BCUT2D eigenvalue weighted by Gasteiger charge is -2.10. The molecular weight excluding hydrogens is 459 g/mol. The van der Waals surface area contributed by atoms with Crippen molar-refractivity contribution in [2.45, 2.75) is 32.7 Å². The van der Waals surface area contributed by atoms with Crippen LogP contribution in [0, 0.1) is 5.82 Å². The van der Waals surface area contributed by atoms with E-state index in [1.54, 1.807) is 36.4 Å². The van der Waals surface area contributed by atoms with Crippen LogP contribution >= 0.6 is 0 Å². The Morgan fingerprint density at radius 1 is 1.08 bits per heavy atom. The molecule has 2 amide bonds. The molecule has 0 saturated heterocycles. The van der Waals surface area contributed by atoms with Crippen molar-refractivity contribution < 1.29 is 9.18 Å². The molecule has 9 heteroatoms. The molecule has 182 valence electrons. The lowest BCUT2D eigenvalue weighted by atomic mass is 9.98. The number of nitrogens with zero attached hydrogens (tertiary/aromatic N) is 2. The van der Waals surface area contributed by atoms with Crippen LogP contribution in [0.15, 0.2) is 65.5 Å². The Kier molecular flexibility index (Phi) is 6.20. The van der Waals surface area contributed by atoms with Gasteiger partial charge in [0.1, 0.15) is 5.82 Å². The molecule has 5 rings (SSSR count). The molecule has 0 bridgehead atoms. The first-order chi connectivity index (χ1) is 17.4. The highest BCUT2D eigenvalue weighted by molar-refractivity contribution is 5.91. The first-order valence-electron chi connectivity index (χ1n) is 11.7. The van der Waals surface area contributed by atoms with Crippen LogP contribution in [0.25, 0.3) is 32.9 Å². The number of imidazole rings is 1. The van der Waals surface area contributed by atoms with Crippen LogP contribution in [0.2, 0.25) is 0 Å². The molecule has 5 aromatic rings. The largest absolute Gasteiger partial charge is 0.335 e. The average Bonchev–Trinajstić information content (AvgIpc) is 3.28. The minimum Gasteiger partial charge on any atom is -0.335 e. The van der Waals surface area contributed by atoms with E-state index in [1.165, 1.54) is 6.07 Å². The van der Waals surface area contributed by atoms with E-state index in [0.717, 1.165) is 22.9 Å². The van der Waals surface area contributed by atoms with Crippen molar-refractivity contribution in [3.05, 3.63) is 88.1 Å². The quantitative estimate of drug-likeness (QED) is 0.268.